The number of hydrogen-bond acceptors (Lipinski definition) is 2. The number of carbonyl (C=O) groups is 2. The summed E-state index contributed by atoms with van der Waals surface area (Å²) in [4.78, 5) is 23.9. The molecule has 1 aromatic carbocycles. The van der Waals surface area contributed by atoms with Crippen molar-refractivity contribution in [2.45, 2.75) is 38.1 Å². The van der Waals surface area contributed by atoms with Gasteiger partial charge in [-0.15, -0.1) is 0 Å². The topological polar surface area (TPSA) is 71.3 Å². The fraction of sp³-hybridized carbons (Fsp3) is 0.375. The van der Waals surface area contributed by atoms with Crippen LogP contribution in [0.1, 0.15) is 42.6 Å². The van der Waals surface area contributed by atoms with Gasteiger partial charge >= 0.3 is 6.09 Å². The van der Waals surface area contributed by atoms with Gasteiger partial charge in [0, 0.05) is 11.4 Å². The summed E-state index contributed by atoms with van der Waals surface area (Å²) in [5.41, 5.74) is 0.730. The van der Waals surface area contributed by atoms with Gasteiger partial charge in [0.2, 0.25) is 0 Å². The van der Waals surface area contributed by atoms with Crippen LogP contribution in [0.15, 0.2) is 30.3 Å². The fourth-order valence-electron chi connectivity index (χ4n) is 3.03. The van der Waals surface area contributed by atoms with Gasteiger partial charge in [-0.25, -0.2) is 9.36 Å². The van der Waals surface area contributed by atoms with E-state index in [1.165, 1.54) is 6.42 Å². The van der Waals surface area contributed by atoms with Crippen LogP contribution >= 0.6 is 0 Å². The van der Waals surface area contributed by atoms with Gasteiger partial charge in [-0.2, -0.15) is 0 Å². The molecule has 0 radical (unpaired) electrons. The number of aromatic nitrogens is 1. The van der Waals surface area contributed by atoms with Crippen molar-refractivity contribution in [2.24, 2.45) is 0 Å². The standard InChI is InChI=1S/C16H18N2O3/c19-15(17-12-7-2-1-3-8-12)14-10-11-6-4-5-9-13(11)18(14)16(20)21/h4-6,9-10,12H,1-3,7-8H2,(H,17,19)(H,20,21). The molecule has 2 aromatic rings. The number of amides is 1. The third-order valence-corrected chi connectivity index (χ3v) is 4.08. The van der Waals surface area contributed by atoms with Crippen LogP contribution in [-0.4, -0.2) is 27.7 Å². The lowest BCUT2D eigenvalue weighted by Crippen LogP contribution is -2.37. The molecule has 0 saturated heterocycles. The third kappa shape index (κ3) is 2.63. The molecule has 0 atom stereocenters. The summed E-state index contributed by atoms with van der Waals surface area (Å²) in [6, 6.07) is 8.92. The first-order valence-electron chi connectivity index (χ1n) is 7.31. The second kappa shape index (κ2) is 5.60. The Labute approximate surface area is 122 Å². The van der Waals surface area contributed by atoms with Crippen molar-refractivity contribution >= 4 is 22.9 Å². The van der Waals surface area contributed by atoms with E-state index in [4.69, 9.17) is 0 Å². The van der Waals surface area contributed by atoms with Crippen LogP contribution < -0.4 is 5.32 Å². The summed E-state index contributed by atoms with van der Waals surface area (Å²) >= 11 is 0. The van der Waals surface area contributed by atoms with Gasteiger partial charge in [-0.05, 0) is 25.0 Å². The molecule has 1 aromatic heterocycles. The molecule has 0 aliphatic heterocycles. The summed E-state index contributed by atoms with van der Waals surface area (Å²) in [6.07, 6.45) is 4.25. The zero-order chi connectivity index (χ0) is 14.8. The highest BCUT2D eigenvalue weighted by molar-refractivity contribution is 6.03. The van der Waals surface area contributed by atoms with E-state index >= 15 is 0 Å². The molecule has 3 rings (SSSR count). The summed E-state index contributed by atoms with van der Waals surface area (Å²) in [6.45, 7) is 0. The Morgan fingerprint density at radius 3 is 2.57 bits per heavy atom. The molecule has 21 heavy (non-hydrogen) atoms. The van der Waals surface area contributed by atoms with Crippen molar-refractivity contribution in [2.75, 3.05) is 0 Å². The highest BCUT2D eigenvalue weighted by Crippen LogP contribution is 2.21. The molecule has 2 N–H and O–H groups in total. The molecule has 0 unspecified atom stereocenters. The quantitative estimate of drug-likeness (QED) is 0.890. The first-order chi connectivity index (χ1) is 10.2. The van der Waals surface area contributed by atoms with Gasteiger partial charge in [0.1, 0.15) is 5.69 Å². The average Bonchev–Trinajstić information content (AvgIpc) is 2.88. The molecule has 1 fully saturated rings. The van der Waals surface area contributed by atoms with Crippen LogP contribution in [0.4, 0.5) is 4.79 Å². The molecule has 1 saturated carbocycles. The van der Waals surface area contributed by atoms with Gasteiger partial charge in [-0.3, -0.25) is 4.79 Å². The lowest BCUT2D eigenvalue weighted by molar-refractivity contribution is 0.0917. The Hall–Kier alpha value is -2.30. The molecular formula is C16H18N2O3. The van der Waals surface area contributed by atoms with Crippen molar-refractivity contribution in [3.63, 3.8) is 0 Å². The van der Waals surface area contributed by atoms with E-state index in [1.807, 2.05) is 12.1 Å². The van der Waals surface area contributed by atoms with Gasteiger partial charge < -0.3 is 10.4 Å². The number of benzene rings is 1. The number of carbonyl (C=O) groups excluding carboxylic acids is 1. The minimum atomic E-state index is -1.13. The first-order valence-corrected chi connectivity index (χ1v) is 7.31. The van der Waals surface area contributed by atoms with E-state index in [1.54, 1.807) is 18.2 Å². The zero-order valence-electron chi connectivity index (χ0n) is 11.7. The van der Waals surface area contributed by atoms with E-state index in [2.05, 4.69) is 5.32 Å². The number of fused-ring (bicyclic) bond motifs is 1. The first kappa shape index (κ1) is 13.7. The number of rotatable bonds is 2. The van der Waals surface area contributed by atoms with Crippen LogP contribution in [0, 0.1) is 0 Å². The SMILES string of the molecule is O=C(NC1CCCCC1)c1cc2ccccc2n1C(=O)O. The van der Waals surface area contributed by atoms with Crippen LogP contribution in [0.5, 0.6) is 0 Å². The molecule has 1 heterocycles. The molecular weight excluding hydrogens is 268 g/mol. The van der Waals surface area contributed by atoms with E-state index in [9.17, 15) is 14.7 Å². The summed E-state index contributed by atoms with van der Waals surface area (Å²) in [7, 11) is 0. The van der Waals surface area contributed by atoms with Gasteiger partial charge in [0.05, 0.1) is 5.52 Å². The van der Waals surface area contributed by atoms with E-state index in [0.29, 0.717) is 5.52 Å². The lowest BCUT2D eigenvalue weighted by Gasteiger charge is -2.22. The van der Waals surface area contributed by atoms with E-state index in [0.717, 1.165) is 35.6 Å². The molecule has 5 heteroatoms. The fourth-order valence-corrected chi connectivity index (χ4v) is 3.03. The van der Waals surface area contributed by atoms with Crippen LogP contribution in [0.3, 0.4) is 0 Å². The molecule has 110 valence electrons. The molecule has 5 nitrogen and oxygen atoms in total. The average molecular weight is 286 g/mol. The highest BCUT2D eigenvalue weighted by Gasteiger charge is 2.22. The summed E-state index contributed by atoms with van der Waals surface area (Å²) < 4.78 is 1.06. The van der Waals surface area contributed by atoms with Crippen LogP contribution in [0.2, 0.25) is 0 Å². The third-order valence-electron chi connectivity index (χ3n) is 4.08. The van der Waals surface area contributed by atoms with Crippen molar-refractivity contribution in [3.8, 4) is 0 Å². The summed E-state index contributed by atoms with van der Waals surface area (Å²) in [5, 5.41) is 13.1. The highest BCUT2D eigenvalue weighted by atomic mass is 16.4. The molecule has 1 aliphatic carbocycles. The Kier molecular flexibility index (Phi) is 3.64. The number of nitrogens with zero attached hydrogens (tertiary/aromatic N) is 1. The lowest BCUT2D eigenvalue weighted by atomic mass is 9.95. The number of hydrogen-bond donors (Lipinski definition) is 2. The maximum absolute atomic E-state index is 12.4. The monoisotopic (exact) mass is 286 g/mol. The maximum atomic E-state index is 12.4. The van der Waals surface area contributed by atoms with Crippen molar-refractivity contribution in [1.29, 1.82) is 0 Å². The molecule has 0 bridgehead atoms. The smallest absolute Gasteiger partial charge is 0.416 e. The number of para-hydroxylation sites is 1. The van der Waals surface area contributed by atoms with Crippen molar-refractivity contribution in [3.05, 3.63) is 36.0 Å². The second-order valence-corrected chi connectivity index (χ2v) is 5.51. The molecule has 1 aliphatic rings. The van der Waals surface area contributed by atoms with Crippen molar-refractivity contribution in [1.82, 2.24) is 9.88 Å². The minimum absolute atomic E-state index is 0.159. The van der Waals surface area contributed by atoms with E-state index < -0.39 is 6.09 Å². The Balaban J connectivity index is 1.93. The predicted octanol–water partition coefficient (Wildman–Crippen LogP) is 3.23. The Morgan fingerprint density at radius 2 is 1.86 bits per heavy atom. The summed E-state index contributed by atoms with van der Waals surface area (Å²) in [5.74, 6) is -0.305. The number of carboxylic acid groups (broad SMARTS) is 1. The van der Waals surface area contributed by atoms with Crippen LogP contribution in [0.25, 0.3) is 10.9 Å². The van der Waals surface area contributed by atoms with Gasteiger partial charge in [0.15, 0.2) is 0 Å². The van der Waals surface area contributed by atoms with Crippen LogP contribution in [-0.2, 0) is 0 Å². The second-order valence-electron chi connectivity index (χ2n) is 5.51. The molecule has 0 spiro atoms. The Bertz CT molecular complexity index is 684. The molecule has 1 amide bonds. The van der Waals surface area contributed by atoms with Crippen molar-refractivity contribution < 1.29 is 14.7 Å². The van der Waals surface area contributed by atoms with E-state index in [-0.39, 0.29) is 17.6 Å². The zero-order valence-corrected chi connectivity index (χ0v) is 11.7. The van der Waals surface area contributed by atoms with Gasteiger partial charge in [0.25, 0.3) is 5.91 Å². The largest absolute Gasteiger partial charge is 0.464 e. The Morgan fingerprint density at radius 1 is 1.14 bits per heavy atom. The predicted molar refractivity (Wildman–Crippen MR) is 79.7 cm³/mol. The minimum Gasteiger partial charge on any atom is -0.464 e. The maximum Gasteiger partial charge on any atom is 0.416 e. The normalized spacial score (nSPS) is 16.0. The number of nitrogens with one attached hydrogen (secondary N) is 1. The van der Waals surface area contributed by atoms with Gasteiger partial charge in [-0.1, -0.05) is 37.5 Å².